The Balaban J connectivity index is 1.59. The van der Waals surface area contributed by atoms with E-state index in [9.17, 15) is 0 Å². The molecule has 0 radical (unpaired) electrons. The molecule has 2 unspecified atom stereocenters. The number of allylic oxidation sites excluding steroid dienone is 21. The van der Waals surface area contributed by atoms with Crippen molar-refractivity contribution in [2.24, 2.45) is 17.9 Å². The first-order valence-electron chi connectivity index (χ1n) is 23.0. The molecular weight excluding hydrogens is 739 g/mol. The third kappa shape index (κ3) is 12.4. The van der Waals surface area contributed by atoms with Crippen molar-refractivity contribution in [3.05, 3.63) is 198 Å². The SMILES string of the molecule is C=C/C=C\C=C\c1ccc(N(C2=CC=C(N3C4CC=CC=C4C/C=C(/C(C)(C)/C=C/C=C\CC)c4c(ccn4C)C3C)CC2)C(/C=C\C)=C/C(C)(C)C/C=C\CCCC)cc1. The molecule has 0 spiro atoms. The number of nitrogens with zero attached hydrogens (tertiary/aromatic N) is 3. The van der Waals surface area contributed by atoms with E-state index in [0.29, 0.717) is 6.04 Å². The van der Waals surface area contributed by atoms with Gasteiger partial charge in [-0.05, 0) is 123 Å². The second kappa shape index (κ2) is 22.5. The van der Waals surface area contributed by atoms with Crippen LogP contribution in [0.15, 0.2) is 181 Å². The van der Waals surface area contributed by atoms with Crippen LogP contribution in [0.4, 0.5) is 5.69 Å². The summed E-state index contributed by atoms with van der Waals surface area (Å²) in [6.07, 6.45) is 56.9. The van der Waals surface area contributed by atoms with Crippen LogP contribution in [-0.2, 0) is 7.05 Å². The summed E-state index contributed by atoms with van der Waals surface area (Å²) in [5, 5.41) is 0. The van der Waals surface area contributed by atoms with Gasteiger partial charge in [-0.2, -0.15) is 0 Å². The highest BCUT2D eigenvalue weighted by atomic mass is 15.2. The first-order chi connectivity index (χ1) is 29.4. The van der Waals surface area contributed by atoms with Gasteiger partial charge in [-0.15, -0.1) is 0 Å². The van der Waals surface area contributed by atoms with Gasteiger partial charge in [0.2, 0.25) is 0 Å². The topological polar surface area (TPSA) is 11.4 Å². The predicted molar refractivity (Wildman–Crippen MR) is 269 cm³/mol. The minimum absolute atomic E-state index is 0.0290. The van der Waals surface area contributed by atoms with Gasteiger partial charge in [0, 0.05) is 47.1 Å². The quantitative estimate of drug-likeness (QED) is 0.0844. The largest absolute Gasteiger partial charge is 0.361 e. The maximum Gasteiger partial charge on any atom is 0.0546 e. The summed E-state index contributed by atoms with van der Waals surface area (Å²) in [5.41, 5.74) is 11.7. The summed E-state index contributed by atoms with van der Waals surface area (Å²) < 4.78 is 2.36. The smallest absolute Gasteiger partial charge is 0.0546 e. The van der Waals surface area contributed by atoms with Crippen LogP contribution < -0.4 is 4.90 Å². The van der Waals surface area contributed by atoms with E-state index in [1.54, 1.807) is 6.08 Å². The van der Waals surface area contributed by atoms with Gasteiger partial charge in [0.15, 0.2) is 0 Å². The van der Waals surface area contributed by atoms with Crippen molar-refractivity contribution in [3.63, 3.8) is 0 Å². The summed E-state index contributed by atoms with van der Waals surface area (Å²) in [5.74, 6) is 0. The molecule has 322 valence electrons. The number of aryl methyl sites for hydroxylation is 1. The monoisotopic (exact) mass is 814 g/mol. The van der Waals surface area contributed by atoms with Crippen molar-refractivity contribution in [1.82, 2.24) is 9.47 Å². The summed E-state index contributed by atoms with van der Waals surface area (Å²) in [6, 6.07) is 11.9. The number of hydrogen-bond acceptors (Lipinski definition) is 2. The third-order valence-electron chi connectivity index (χ3n) is 12.2. The molecule has 3 aliphatic rings. The molecule has 0 saturated heterocycles. The normalized spacial score (nSPS) is 20.2. The predicted octanol–water partition coefficient (Wildman–Crippen LogP) is 16.4. The highest BCUT2D eigenvalue weighted by molar-refractivity contribution is 5.73. The number of benzene rings is 1. The second-order valence-electron chi connectivity index (χ2n) is 18.1. The molecule has 5 rings (SSSR count). The molecule has 2 atom stereocenters. The zero-order valence-corrected chi connectivity index (χ0v) is 39.1. The van der Waals surface area contributed by atoms with Gasteiger partial charge in [0.1, 0.15) is 0 Å². The van der Waals surface area contributed by atoms with E-state index in [2.05, 4.69) is 223 Å². The number of anilines is 1. The lowest BCUT2D eigenvalue weighted by Gasteiger charge is -2.43. The molecule has 0 fully saturated rings. The fourth-order valence-corrected chi connectivity index (χ4v) is 8.93. The highest BCUT2D eigenvalue weighted by Gasteiger charge is 2.36. The molecule has 0 saturated carbocycles. The zero-order chi connectivity index (χ0) is 43.8. The van der Waals surface area contributed by atoms with Crippen LogP contribution in [0.5, 0.6) is 0 Å². The molecule has 2 heterocycles. The maximum atomic E-state index is 3.80. The lowest BCUT2D eigenvalue weighted by atomic mass is 9.79. The molecule has 0 amide bonds. The molecule has 1 aliphatic heterocycles. The first kappa shape index (κ1) is 46.8. The summed E-state index contributed by atoms with van der Waals surface area (Å²) in [6.45, 7) is 22.3. The molecule has 3 nitrogen and oxygen atoms in total. The van der Waals surface area contributed by atoms with Gasteiger partial charge in [-0.1, -0.05) is 176 Å². The van der Waals surface area contributed by atoms with Gasteiger partial charge in [0.25, 0.3) is 0 Å². The minimum atomic E-state index is -0.144. The van der Waals surface area contributed by atoms with Gasteiger partial charge in [-0.25, -0.2) is 0 Å². The van der Waals surface area contributed by atoms with E-state index >= 15 is 0 Å². The Hall–Kier alpha value is -5.28. The highest BCUT2D eigenvalue weighted by Crippen LogP contribution is 2.46. The molecule has 2 aromatic rings. The maximum absolute atomic E-state index is 3.80. The molecular formula is C58H75N3. The van der Waals surface area contributed by atoms with Crippen molar-refractivity contribution in [1.29, 1.82) is 0 Å². The molecule has 2 aliphatic carbocycles. The Bertz CT molecular complexity index is 2150. The Morgan fingerprint density at radius 2 is 1.72 bits per heavy atom. The fraction of sp³-hybridized carbons (Fsp3) is 0.379. The standard InChI is InChI=1S/C58H75N3/c1-11-15-18-21-25-42-57(6,7)45-52(27-14-4)61(50-34-31-47(32-35-50)28-22-19-16-12-2)51-38-36-49(37-39-51)60-46(5)53-41-44-59(10)56(53)54(58(8,9)43-26-20-17-13-3)40-33-48-29-23-24-30-55(48)60/h12,14,16-17,19-29,31-32,34-36,38,40-41,43-46,55H,2,11,13,15,18,30,33,37,39,42H2,1,3-10H3/b19-16-,20-17-,25-21-,27-14-,28-22+,43-26+,52-45+,54-40+. The van der Waals surface area contributed by atoms with Crippen LogP contribution in [-0.4, -0.2) is 15.5 Å². The van der Waals surface area contributed by atoms with Crippen molar-refractivity contribution in [3.8, 4) is 0 Å². The minimum Gasteiger partial charge on any atom is -0.361 e. The van der Waals surface area contributed by atoms with E-state index in [0.717, 1.165) is 44.9 Å². The van der Waals surface area contributed by atoms with Crippen molar-refractivity contribution in [2.75, 3.05) is 4.90 Å². The molecule has 3 heteroatoms. The van der Waals surface area contributed by atoms with Crippen molar-refractivity contribution < 1.29 is 0 Å². The molecule has 0 bridgehead atoms. The van der Waals surface area contributed by atoms with Gasteiger partial charge >= 0.3 is 0 Å². The Kier molecular flexibility index (Phi) is 17.3. The Morgan fingerprint density at radius 3 is 2.43 bits per heavy atom. The van der Waals surface area contributed by atoms with Crippen LogP contribution in [0, 0.1) is 10.8 Å². The molecule has 1 aromatic heterocycles. The average molecular weight is 814 g/mol. The van der Waals surface area contributed by atoms with Gasteiger partial charge in [0.05, 0.1) is 12.1 Å². The lowest BCUT2D eigenvalue weighted by Crippen LogP contribution is -2.39. The lowest BCUT2D eigenvalue weighted by molar-refractivity contribution is 0.208. The van der Waals surface area contributed by atoms with E-state index in [4.69, 9.17) is 0 Å². The van der Waals surface area contributed by atoms with E-state index in [1.807, 2.05) is 12.2 Å². The zero-order valence-electron chi connectivity index (χ0n) is 39.1. The van der Waals surface area contributed by atoms with Gasteiger partial charge in [-0.3, -0.25) is 0 Å². The third-order valence-corrected chi connectivity index (χ3v) is 12.2. The molecule has 61 heavy (non-hydrogen) atoms. The van der Waals surface area contributed by atoms with Crippen LogP contribution >= 0.6 is 0 Å². The number of unbranched alkanes of at least 4 members (excludes halogenated alkanes) is 2. The van der Waals surface area contributed by atoms with Crippen LogP contribution in [0.3, 0.4) is 0 Å². The summed E-state index contributed by atoms with van der Waals surface area (Å²) >= 11 is 0. The number of rotatable bonds is 18. The second-order valence-corrected chi connectivity index (χ2v) is 18.1. The Labute approximate surface area is 371 Å². The number of hydrogen-bond donors (Lipinski definition) is 0. The summed E-state index contributed by atoms with van der Waals surface area (Å²) in [7, 11) is 2.22. The average Bonchev–Trinajstić information content (AvgIpc) is 3.64. The number of aromatic nitrogens is 1. The van der Waals surface area contributed by atoms with Crippen LogP contribution in [0.1, 0.15) is 136 Å². The first-order valence-corrected chi connectivity index (χ1v) is 23.0. The summed E-state index contributed by atoms with van der Waals surface area (Å²) in [4.78, 5) is 5.28. The van der Waals surface area contributed by atoms with E-state index < -0.39 is 0 Å². The number of fused-ring (bicyclic) bond motifs is 2. The van der Waals surface area contributed by atoms with Crippen LogP contribution in [0.2, 0.25) is 0 Å². The van der Waals surface area contributed by atoms with Crippen LogP contribution in [0.25, 0.3) is 11.6 Å². The van der Waals surface area contributed by atoms with Crippen molar-refractivity contribution in [2.45, 2.75) is 125 Å². The Morgan fingerprint density at radius 1 is 0.918 bits per heavy atom. The van der Waals surface area contributed by atoms with Gasteiger partial charge < -0.3 is 14.4 Å². The van der Waals surface area contributed by atoms with E-state index in [-0.39, 0.29) is 16.9 Å². The molecule has 1 aromatic carbocycles. The molecule has 0 N–H and O–H groups in total. The van der Waals surface area contributed by atoms with Crippen molar-refractivity contribution >= 4 is 17.3 Å². The fourth-order valence-electron chi connectivity index (χ4n) is 8.93. The van der Waals surface area contributed by atoms with E-state index in [1.165, 1.54) is 63.6 Å².